The van der Waals surface area contributed by atoms with Crippen LogP contribution in [0.1, 0.15) is 36.3 Å². The van der Waals surface area contributed by atoms with E-state index in [0.717, 1.165) is 17.4 Å². The van der Waals surface area contributed by atoms with Gasteiger partial charge < -0.3 is 10.3 Å². The second kappa shape index (κ2) is 5.49. The van der Waals surface area contributed by atoms with Gasteiger partial charge in [-0.1, -0.05) is 31.5 Å². The number of nitrogens with zero attached hydrogens (tertiary/aromatic N) is 1. The highest BCUT2D eigenvalue weighted by molar-refractivity contribution is 5.95. The third-order valence-electron chi connectivity index (χ3n) is 3.45. The fraction of sp³-hybridized carbons (Fsp3) is 0.375. The minimum Gasteiger partial charge on any atom is -0.364 e. The average Bonchev–Trinajstić information content (AvgIpc) is 2.37. The van der Waals surface area contributed by atoms with Gasteiger partial charge >= 0.3 is 0 Å². The highest BCUT2D eigenvalue weighted by Crippen LogP contribution is 2.15. The number of rotatable bonds is 4. The van der Waals surface area contributed by atoms with Gasteiger partial charge in [0.25, 0.3) is 11.5 Å². The molecule has 0 bridgehead atoms. The molecule has 2 rings (SSSR count). The van der Waals surface area contributed by atoms with Gasteiger partial charge in [0.05, 0.1) is 0 Å². The monoisotopic (exact) mass is 272 g/mol. The number of primary amides is 1. The van der Waals surface area contributed by atoms with E-state index in [-0.39, 0.29) is 11.3 Å². The van der Waals surface area contributed by atoms with Crippen LogP contribution < -0.4 is 11.3 Å². The minimum absolute atomic E-state index is 0.138. The molecule has 4 heteroatoms. The largest absolute Gasteiger partial charge is 0.364 e. The van der Waals surface area contributed by atoms with Crippen LogP contribution >= 0.6 is 0 Å². The van der Waals surface area contributed by atoms with Crippen molar-refractivity contribution >= 4 is 16.7 Å². The number of amides is 1. The van der Waals surface area contributed by atoms with Crippen molar-refractivity contribution in [3.05, 3.63) is 45.9 Å². The third-order valence-corrected chi connectivity index (χ3v) is 3.45. The number of carbonyl (C=O) groups excluding carboxylic acids is 1. The molecule has 0 aliphatic carbocycles. The minimum atomic E-state index is -0.562. The highest BCUT2D eigenvalue weighted by Gasteiger charge is 2.13. The van der Waals surface area contributed by atoms with Crippen molar-refractivity contribution in [2.45, 2.75) is 33.7 Å². The zero-order valence-electron chi connectivity index (χ0n) is 12.1. The number of aromatic nitrogens is 1. The van der Waals surface area contributed by atoms with Crippen molar-refractivity contribution in [3.8, 4) is 0 Å². The first-order valence-electron chi connectivity index (χ1n) is 6.84. The van der Waals surface area contributed by atoms with Crippen molar-refractivity contribution in [3.63, 3.8) is 0 Å². The molecule has 1 aromatic heterocycles. The summed E-state index contributed by atoms with van der Waals surface area (Å²) in [6.45, 7) is 6.62. The first kappa shape index (κ1) is 14.3. The normalized spacial score (nSPS) is 11.2. The fourth-order valence-electron chi connectivity index (χ4n) is 2.27. The molecule has 4 nitrogen and oxygen atoms in total. The Kier molecular flexibility index (Phi) is 3.93. The smallest absolute Gasteiger partial charge is 0.265 e. The van der Waals surface area contributed by atoms with Crippen molar-refractivity contribution in [2.24, 2.45) is 11.7 Å². The van der Waals surface area contributed by atoms with Crippen LogP contribution in [-0.2, 0) is 6.54 Å². The van der Waals surface area contributed by atoms with Gasteiger partial charge in [-0.15, -0.1) is 0 Å². The van der Waals surface area contributed by atoms with Gasteiger partial charge in [-0.05, 0) is 36.8 Å². The Morgan fingerprint density at radius 3 is 2.60 bits per heavy atom. The van der Waals surface area contributed by atoms with Crippen molar-refractivity contribution in [1.82, 2.24) is 4.57 Å². The molecule has 1 aromatic carbocycles. The Hall–Kier alpha value is -2.10. The highest BCUT2D eigenvalue weighted by atomic mass is 16.2. The molecule has 0 saturated carbocycles. The van der Waals surface area contributed by atoms with E-state index in [1.54, 1.807) is 6.07 Å². The summed E-state index contributed by atoms with van der Waals surface area (Å²) in [5, 5.41) is 1.40. The van der Waals surface area contributed by atoms with Gasteiger partial charge in [0.15, 0.2) is 0 Å². The molecule has 20 heavy (non-hydrogen) atoms. The maximum absolute atomic E-state index is 12.6. The molecule has 0 radical (unpaired) electrons. The molecule has 0 spiro atoms. The number of hydrogen-bond donors (Lipinski definition) is 1. The van der Waals surface area contributed by atoms with E-state index in [1.807, 2.05) is 25.1 Å². The lowest BCUT2D eigenvalue weighted by molar-refractivity contribution is 0.0990. The second-order valence-electron chi connectivity index (χ2n) is 5.62. The summed E-state index contributed by atoms with van der Waals surface area (Å²) in [7, 11) is 0. The first-order valence-corrected chi connectivity index (χ1v) is 6.84. The van der Waals surface area contributed by atoms with Gasteiger partial charge in [0, 0.05) is 11.9 Å². The Bertz CT molecular complexity index is 714. The van der Waals surface area contributed by atoms with E-state index in [9.17, 15) is 9.59 Å². The van der Waals surface area contributed by atoms with Crippen LogP contribution in [0.2, 0.25) is 0 Å². The summed E-state index contributed by atoms with van der Waals surface area (Å²) in [5.41, 5.74) is 6.58. The van der Waals surface area contributed by atoms with Crippen LogP contribution in [0.3, 0.4) is 0 Å². The lowest BCUT2D eigenvalue weighted by atomic mass is 10.1. The van der Waals surface area contributed by atoms with Crippen LogP contribution in [0.15, 0.2) is 29.1 Å². The quantitative estimate of drug-likeness (QED) is 0.929. The molecule has 0 atom stereocenters. The Balaban J connectivity index is 2.68. The van der Waals surface area contributed by atoms with E-state index in [1.165, 1.54) is 4.57 Å². The summed E-state index contributed by atoms with van der Waals surface area (Å²) in [6, 6.07) is 7.34. The topological polar surface area (TPSA) is 65.1 Å². The number of pyridine rings is 1. The van der Waals surface area contributed by atoms with Gasteiger partial charge in [0.2, 0.25) is 0 Å². The predicted molar refractivity (Wildman–Crippen MR) is 80.9 cm³/mol. The summed E-state index contributed by atoms with van der Waals surface area (Å²) in [5.74, 6) is -0.107. The number of fused-ring (bicyclic) bond motifs is 1. The van der Waals surface area contributed by atoms with Crippen LogP contribution in [0.4, 0.5) is 0 Å². The molecular formula is C16H20N2O2. The van der Waals surface area contributed by atoms with E-state index in [0.29, 0.717) is 17.8 Å². The number of nitrogens with two attached hydrogens (primary N) is 1. The summed E-state index contributed by atoms with van der Waals surface area (Å²) in [4.78, 5) is 24.2. The predicted octanol–water partition coefficient (Wildman–Crippen LogP) is 2.45. The average molecular weight is 272 g/mol. The number of benzene rings is 1. The van der Waals surface area contributed by atoms with Crippen LogP contribution in [0, 0.1) is 12.8 Å². The molecular weight excluding hydrogens is 252 g/mol. The SMILES string of the molecule is Cc1ccc2cc(C(N)=O)n(CCC(C)C)c(=O)c2c1. The molecule has 2 N–H and O–H groups in total. The zero-order chi connectivity index (χ0) is 14.9. The molecule has 1 heterocycles. The Morgan fingerprint density at radius 2 is 2.00 bits per heavy atom. The standard InChI is InChI=1S/C16H20N2O2/c1-10(2)6-7-18-14(15(17)19)9-12-5-4-11(3)8-13(12)16(18)20/h4-5,8-10H,6-7H2,1-3H3,(H2,17,19). The Labute approximate surface area is 118 Å². The number of hydrogen-bond acceptors (Lipinski definition) is 2. The number of aryl methyl sites for hydroxylation is 1. The van der Waals surface area contributed by atoms with E-state index >= 15 is 0 Å². The lowest BCUT2D eigenvalue weighted by Crippen LogP contribution is -2.29. The maximum Gasteiger partial charge on any atom is 0.265 e. The molecule has 1 amide bonds. The van der Waals surface area contributed by atoms with Gasteiger partial charge in [-0.3, -0.25) is 9.59 Å². The third kappa shape index (κ3) is 2.74. The summed E-state index contributed by atoms with van der Waals surface area (Å²) >= 11 is 0. The van der Waals surface area contributed by atoms with Crippen molar-refractivity contribution in [2.75, 3.05) is 0 Å². The first-order chi connectivity index (χ1) is 9.40. The van der Waals surface area contributed by atoms with Crippen LogP contribution in [-0.4, -0.2) is 10.5 Å². The molecule has 106 valence electrons. The lowest BCUT2D eigenvalue weighted by Gasteiger charge is -2.13. The fourth-order valence-corrected chi connectivity index (χ4v) is 2.27. The van der Waals surface area contributed by atoms with Crippen molar-refractivity contribution < 1.29 is 4.79 Å². The molecule has 2 aromatic rings. The Morgan fingerprint density at radius 1 is 1.30 bits per heavy atom. The maximum atomic E-state index is 12.6. The van der Waals surface area contributed by atoms with E-state index in [4.69, 9.17) is 5.73 Å². The van der Waals surface area contributed by atoms with Gasteiger partial charge in [-0.25, -0.2) is 0 Å². The summed E-state index contributed by atoms with van der Waals surface area (Å²) in [6.07, 6.45) is 0.831. The van der Waals surface area contributed by atoms with Crippen molar-refractivity contribution in [1.29, 1.82) is 0 Å². The van der Waals surface area contributed by atoms with Crippen LogP contribution in [0.25, 0.3) is 10.8 Å². The molecule has 0 aliphatic heterocycles. The van der Waals surface area contributed by atoms with E-state index in [2.05, 4.69) is 13.8 Å². The summed E-state index contributed by atoms with van der Waals surface area (Å²) < 4.78 is 1.50. The molecule has 0 unspecified atom stereocenters. The number of carbonyl (C=O) groups is 1. The van der Waals surface area contributed by atoms with Crippen LogP contribution in [0.5, 0.6) is 0 Å². The molecule has 0 aliphatic rings. The second-order valence-corrected chi connectivity index (χ2v) is 5.62. The molecule has 0 fully saturated rings. The van der Waals surface area contributed by atoms with Gasteiger partial charge in [0.1, 0.15) is 5.69 Å². The van der Waals surface area contributed by atoms with E-state index < -0.39 is 5.91 Å². The van der Waals surface area contributed by atoms with Gasteiger partial charge in [-0.2, -0.15) is 0 Å². The molecule has 0 saturated heterocycles. The zero-order valence-corrected chi connectivity index (χ0v) is 12.1.